The molecule has 0 amide bonds. The molecular weight excluding hydrogens is 152 g/mol. The Morgan fingerprint density at radius 2 is 2.25 bits per heavy atom. The molecule has 0 spiro atoms. The van der Waals surface area contributed by atoms with Gasteiger partial charge < -0.3 is 4.74 Å². The molecule has 1 saturated carbocycles. The highest BCUT2D eigenvalue weighted by atomic mass is 16.6. The summed E-state index contributed by atoms with van der Waals surface area (Å²) in [6.45, 7) is 5.98. The summed E-state index contributed by atoms with van der Waals surface area (Å²) in [5.41, 5.74) is 0.701. The molecule has 3 atom stereocenters. The molecule has 0 aromatic carbocycles. The van der Waals surface area contributed by atoms with Gasteiger partial charge in [-0.25, -0.2) is 4.79 Å². The monoisotopic (exact) mass is 166 g/mol. The molecule has 0 aromatic heterocycles. The van der Waals surface area contributed by atoms with Gasteiger partial charge in [-0.3, -0.25) is 0 Å². The van der Waals surface area contributed by atoms with Gasteiger partial charge in [-0.2, -0.15) is 0 Å². The molecule has 2 nitrogen and oxygen atoms in total. The summed E-state index contributed by atoms with van der Waals surface area (Å²) in [6.07, 6.45) is 3.46. The molecule has 2 fully saturated rings. The van der Waals surface area contributed by atoms with E-state index in [0.717, 1.165) is 12.8 Å². The number of carbonyl (C=O) groups excluding carboxylic acids is 1. The van der Waals surface area contributed by atoms with Crippen molar-refractivity contribution in [2.24, 2.45) is 11.8 Å². The minimum Gasteiger partial charge on any atom is -0.458 e. The van der Waals surface area contributed by atoms with Crippen LogP contribution < -0.4 is 0 Å². The Morgan fingerprint density at radius 3 is 3.00 bits per heavy atom. The van der Waals surface area contributed by atoms with E-state index >= 15 is 0 Å². The molecule has 2 heteroatoms. The van der Waals surface area contributed by atoms with Crippen LogP contribution in [0.15, 0.2) is 12.2 Å². The van der Waals surface area contributed by atoms with Crippen LogP contribution in [0.4, 0.5) is 0 Å². The maximum atomic E-state index is 11.1. The molecule has 1 saturated heterocycles. The summed E-state index contributed by atoms with van der Waals surface area (Å²) in [5, 5.41) is 0. The second-order valence-corrected chi connectivity index (χ2v) is 3.99. The molecule has 0 N–H and O–H groups in total. The minimum atomic E-state index is -0.167. The lowest BCUT2D eigenvalue weighted by atomic mass is 9.79. The zero-order chi connectivity index (χ0) is 8.72. The fourth-order valence-corrected chi connectivity index (χ4v) is 2.22. The van der Waals surface area contributed by atoms with Crippen molar-refractivity contribution in [1.29, 1.82) is 0 Å². The first-order chi connectivity index (χ1) is 5.68. The molecule has 2 rings (SSSR count). The zero-order valence-corrected chi connectivity index (χ0v) is 7.38. The van der Waals surface area contributed by atoms with Gasteiger partial charge >= 0.3 is 5.97 Å². The van der Waals surface area contributed by atoms with Crippen LogP contribution in [0.5, 0.6) is 0 Å². The Bertz CT molecular complexity index is 232. The maximum Gasteiger partial charge on any atom is 0.334 e. The first kappa shape index (κ1) is 7.84. The van der Waals surface area contributed by atoms with Crippen LogP contribution in [0.2, 0.25) is 0 Å². The number of rotatable bonds is 0. The summed E-state index contributed by atoms with van der Waals surface area (Å²) < 4.78 is 5.21. The lowest BCUT2D eigenvalue weighted by Crippen LogP contribution is -2.25. The van der Waals surface area contributed by atoms with E-state index < -0.39 is 0 Å². The summed E-state index contributed by atoms with van der Waals surface area (Å²) in [4.78, 5) is 11.1. The lowest BCUT2D eigenvalue weighted by molar-refractivity contribution is -0.140. The van der Waals surface area contributed by atoms with Crippen molar-refractivity contribution in [3.63, 3.8) is 0 Å². The van der Waals surface area contributed by atoms with Crippen molar-refractivity contribution in [3.8, 4) is 0 Å². The van der Waals surface area contributed by atoms with Crippen molar-refractivity contribution >= 4 is 5.97 Å². The highest BCUT2D eigenvalue weighted by Crippen LogP contribution is 2.39. The average molecular weight is 166 g/mol. The van der Waals surface area contributed by atoms with Crippen molar-refractivity contribution in [3.05, 3.63) is 12.2 Å². The molecule has 1 aliphatic carbocycles. The van der Waals surface area contributed by atoms with Gasteiger partial charge in [0.1, 0.15) is 6.10 Å². The number of fused-ring (bicyclic) bond motifs is 1. The van der Waals surface area contributed by atoms with Gasteiger partial charge in [0, 0.05) is 11.5 Å². The van der Waals surface area contributed by atoms with E-state index in [1.807, 2.05) is 0 Å². The van der Waals surface area contributed by atoms with E-state index in [2.05, 4.69) is 13.5 Å². The number of ether oxygens (including phenoxy) is 1. The van der Waals surface area contributed by atoms with Gasteiger partial charge in [0.15, 0.2) is 0 Å². The number of hydrogen-bond acceptors (Lipinski definition) is 2. The van der Waals surface area contributed by atoms with Crippen molar-refractivity contribution in [1.82, 2.24) is 0 Å². The third-order valence-electron chi connectivity index (χ3n) is 3.02. The fraction of sp³-hybridized carbons (Fsp3) is 0.700. The Kier molecular flexibility index (Phi) is 1.71. The second-order valence-electron chi connectivity index (χ2n) is 3.99. The summed E-state index contributed by atoms with van der Waals surface area (Å²) in [5.74, 6) is 0.859. The summed E-state index contributed by atoms with van der Waals surface area (Å²) in [6, 6.07) is 0. The molecule has 0 unspecified atom stereocenters. The zero-order valence-electron chi connectivity index (χ0n) is 7.38. The van der Waals surface area contributed by atoms with E-state index in [1.165, 1.54) is 6.42 Å². The minimum absolute atomic E-state index is 0.147. The van der Waals surface area contributed by atoms with Crippen LogP contribution in [0.1, 0.15) is 26.2 Å². The van der Waals surface area contributed by atoms with Crippen LogP contribution in [0.25, 0.3) is 0 Å². The Labute approximate surface area is 72.6 Å². The predicted molar refractivity (Wildman–Crippen MR) is 45.5 cm³/mol. The highest BCUT2D eigenvalue weighted by molar-refractivity contribution is 5.90. The van der Waals surface area contributed by atoms with Gasteiger partial charge in [-0.15, -0.1) is 0 Å². The Balaban J connectivity index is 2.14. The Hall–Kier alpha value is -0.790. The normalized spacial score (nSPS) is 40.9. The largest absolute Gasteiger partial charge is 0.458 e. The molecule has 66 valence electrons. The summed E-state index contributed by atoms with van der Waals surface area (Å²) >= 11 is 0. The molecule has 2 aliphatic rings. The third kappa shape index (κ3) is 1.06. The number of hydrogen-bond donors (Lipinski definition) is 0. The molecular formula is C10H14O2. The summed E-state index contributed by atoms with van der Waals surface area (Å²) in [7, 11) is 0. The topological polar surface area (TPSA) is 26.3 Å². The molecule has 0 radical (unpaired) electrons. The smallest absolute Gasteiger partial charge is 0.334 e. The van der Waals surface area contributed by atoms with Gasteiger partial charge in [-0.1, -0.05) is 13.5 Å². The SMILES string of the molecule is C=C1C(=O)O[C@H]2C[C@H](C)CC[C@@H]12. The molecule has 1 heterocycles. The second kappa shape index (κ2) is 2.61. The van der Waals surface area contributed by atoms with Crippen molar-refractivity contribution < 1.29 is 9.53 Å². The van der Waals surface area contributed by atoms with Crippen molar-refractivity contribution in [2.75, 3.05) is 0 Å². The third-order valence-corrected chi connectivity index (χ3v) is 3.02. The highest BCUT2D eigenvalue weighted by Gasteiger charge is 2.41. The first-order valence-electron chi connectivity index (χ1n) is 4.58. The number of esters is 1. The van der Waals surface area contributed by atoms with Crippen LogP contribution in [-0.4, -0.2) is 12.1 Å². The van der Waals surface area contributed by atoms with Gasteiger partial charge in [0.25, 0.3) is 0 Å². The Morgan fingerprint density at radius 1 is 1.50 bits per heavy atom. The average Bonchev–Trinajstić information content (AvgIpc) is 2.28. The fourth-order valence-electron chi connectivity index (χ4n) is 2.22. The van der Waals surface area contributed by atoms with E-state index in [-0.39, 0.29) is 12.1 Å². The predicted octanol–water partition coefficient (Wildman–Crippen LogP) is 1.90. The van der Waals surface area contributed by atoms with Gasteiger partial charge in [0.2, 0.25) is 0 Å². The van der Waals surface area contributed by atoms with E-state index in [4.69, 9.17) is 4.74 Å². The quantitative estimate of drug-likeness (QED) is 0.406. The molecule has 12 heavy (non-hydrogen) atoms. The molecule has 0 bridgehead atoms. The maximum absolute atomic E-state index is 11.1. The van der Waals surface area contributed by atoms with Crippen LogP contribution in [-0.2, 0) is 9.53 Å². The van der Waals surface area contributed by atoms with Gasteiger partial charge in [-0.05, 0) is 25.2 Å². The molecule has 0 aromatic rings. The number of carbonyl (C=O) groups is 1. The van der Waals surface area contributed by atoms with Gasteiger partial charge in [0.05, 0.1) is 0 Å². The lowest BCUT2D eigenvalue weighted by Gasteiger charge is -2.27. The van der Waals surface area contributed by atoms with E-state index in [0.29, 0.717) is 17.4 Å². The first-order valence-corrected chi connectivity index (χ1v) is 4.58. The molecule has 1 aliphatic heterocycles. The van der Waals surface area contributed by atoms with Crippen LogP contribution in [0, 0.1) is 11.8 Å². The van der Waals surface area contributed by atoms with E-state index in [1.54, 1.807) is 0 Å². The van der Waals surface area contributed by atoms with E-state index in [9.17, 15) is 4.79 Å². The van der Waals surface area contributed by atoms with Crippen molar-refractivity contribution in [2.45, 2.75) is 32.3 Å². The van der Waals surface area contributed by atoms with Crippen LogP contribution >= 0.6 is 0 Å². The standard InChI is InChI=1S/C10H14O2/c1-6-3-4-8-7(2)10(11)12-9(8)5-6/h6,8-9H,2-5H2,1H3/t6-,8+,9+/m1/s1. The van der Waals surface area contributed by atoms with Crippen LogP contribution in [0.3, 0.4) is 0 Å².